The second-order valence-electron chi connectivity index (χ2n) is 9.27. The van der Waals surface area contributed by atoms with Gasteiger partial charge in [-0.05, 0) is 23.8 Å². The quantitative estimate of drug-likeness (QED) is 0.123. The molecule has 0 amide bonds. The minimum Gasteiger partial charge on any atom is -0.508 e. The number of hydrogen-bond donors (Lipinski definition) is 5. The second-order valence-corrected chi connectivity index (χ2v) is 9.27. The van der Waals surface area contributed by atoms with Crippen LogP contribution in [0.1, 0.15) is 18.9 Å². The number of ether oxygens (including phenoxy) is 6. The molecule has 0 aliphatic carbocycles. The largest absolute Gasteiger partial charge is 0.508 e. The van der Waals surface area contributed by atoms with E-state index in [1.54, 1.807) is 12.1 Å². The molecule has 0 unspecified atom stereocenters. The minimum absolute atomic E-state index is 0.00138. The van der Waals surface area contributed by atoms with E-state index in [2.05, 4.69) is 0 Å². The summed E-state index contributed by atoms with van der Waals surface area (Å²) in [5, 5.41) is 49.5. The van der Waals surface area contributed by atoms with Gasteiger partial charge in [-0.2, -0.15) is 0 Å². The summed E-state index contributed by atoms with van der Waals surface area (Å²) < 4.78 is 31.9. The summed E-state index contributed by atoms with van der Waals surface area (Å²) in [5.74, 6) is -3.09. The first-order valence-electron chi connectivity index (χ1n) is 12.7. The SMILES string of the molecule is COC(=O)C1=CO[C@@H](O[C@@H]2O[C@@H](CO)[C@@H](O)[C@H](O)[C@@H]2O)/C(=C\COC(C)=O)[C@@H]1CC(=O)OCCc1ccc(O)cc1. The molecule has 1 aromatic carbocycles. The normalized spacial score (nSPS) is 28.8. The molecule has 7 atom stereocenters. The van der Waals surface area contributed by atoms with Gasteiger partial charge in [-0.25, -0.2) is 4.79 Å². The highest BCUT2D eigenvalue weighted by Crippen LogP contribution is 2.36. The van der Waals surface area contributed by atoms with Crippen LogP contribution >= 0.6 is 0 Å². The molecule has 1 saturated heterocycles. The van der Waals surface area contributed by atoms with Gasteiger partial charge >= 0.3 is 17.9 Å². The molecule has 2 heterocycles. The molecular weight excluding hydrogens is 548 g/mol. The van der Waals surface area contributed by atoms with Crippen LogP contribution in [0.15, 0.2) is 47.7 Å². The minimum atomic E-state index is -1.76. The number of carbonyl (C=O) groups is 3. The van der Waals surface area contributed by atoms with Gasteiger partial charge in [0.05, 0.1) is 38.6 Å². The molecule has 0 saturated carbocycles. The van der Waals surface area contributed by atoms with E-state index >= 15 is 0 Å². The highest BCUT2D eigenvalue weighted by atomic mass is 16.8. The molecule has 226 valence electrons. The van der Waals surface area contributed by atoms with Crippen molar-refractivity contribution in [2.24, 2.45) is 5.92 Å². The number of phenolic OH excluding ortho intramolecular Hbond substituents is 1. The predicted molar refractivity (Wildman–Crippen MR) is 135 cm³/mol. The fourth-order valence-corrected chi connectivity index (χ4v) is 4.25. The number of aliphatic hydroxyl groups is 4. The van der Waals surface area contributed by atoms with Crippen molar-refractivity contribution in [3.63, 3.8) is 0 Å². The first kappa shape index (κ1) is 32.0. The molecule has 14 nitrogen and oxygen atoms in total. The number of carbonyl (C=O) groups excluding carboxylic acids is 3. The molecular formula is C27H34O14. The fourth-order valence-electron chi connectivity index (χ4n) is 4.25. The third-order valence-electron chi connectivity index (χ3n) is 6.46. The van der Waals surface area contributed by atoms with Crippen molar-refractivity contribution < 1.29 is 68.3 Å². The van der Waals surface area contributed by atoms with Crippen molar-refractivity contribution in [3.05, 3.63) is 53.3 Å². The van der Waals surface area contributed by atoms with E-state index in [0.717, 1.165) is 18.9 Å². The van der Waals surface area contributed by atoms with E-state index < -0.39 is 67.4 Å². The topological polar surface area (TPSA) is 208 Å². The summed E-state index contributed by atoms with van der Waals surface area (Å²) in [4.78, 5) is 36.8. The Bertz CT molecular complexity index is 1110. The van der Waals surface area contributed by atoms with E-state index in [1.807, 2.05) is 0 Å². The van der Waals surface area contributed by atoms with Gasteiger partial charge in [-0.3, -0.25) is 9.59 Å². The maximum Gasteiger partial charge on any atom is 0.337 e. The van der Waals surface area contributed by atoms with Crippen molar-refractivity contribution in [2.45, 2.75) is 56.8 Å². The van der Waals surface area contributed by atoms with Crippen LogP contribution in [0.25, 0.3) is 0 Å². The average Bonchev–Trinajstić information content (AvgIpc) is 2.95. The Kier molecular flexibility index (Phi) is 11.6. The van der Waals surface area contributed by atoms with Crippen molar-refractivity contribution in [3.8, 4) is 5.75 Å². The first-order valence-corrected chi connectivity index (χ1v) is 12.7. The zero-order valence-corrected chi connectivity index (χ0v) is 22.5. The summed E-state index contributed by atoms with van der Waals surface area (Å²) in [6, 6.07) is 6.36. The molecule has 1 fully saturated rings. The number of methoxy groups -OCH3 is 1. The zero-order chi connectivity index (χ0) is 30.1. The van der Waals surface area contributed by atoms with Gasteiger partial charge < -0.3 is 54.0 Å². The Labute approximate surface area is 235 Å². The van der Waals surface area contributed by atoms with Gasteiger partial charge in [-0.15, -0.1) is 0 Å². The molecule has 5 N–H and O–H groups in total. The number of aliphatic hydroxyl groups excluding tert-OH is 4. The molecule has 0 aromatic heterocycles. The highest BCUT2D eigenvalue weighted by molar-refractivity contribution is 5.90. The lowest BCUT2D eigenvalue weighted by molar-refractivity contribution is -0.327. The van der Waals surface area contributed by atoms with Gasteiger partial charge in [0.15, 0.2) is 6.29 Å². The van der Waals surface area contributed by atoms with Crippen molar-refractivity contribution in [1.82, 2.24) is 0 Å². The number of hydrogen-bond acceptors (Lipinski definition) is 14. The van der Waals surface area contributed by atoms with Crippen LogP contribution < -0.4 is 0 Å². The van der Waals surface area contributed by atoms with E-state index in [-0.39, 0.29) is 36.5 Å². The summed E-state index contributed by atoms with van der Waals surface area (Å²) in [6.07, 6.45) is -7.11. The molecule has 0 radical (unpaired) electrons. The Morgan fingerprint density at radius 2 is 1.73 bits per heavy atom. The van der Waals surface area contributed by atoms with E-state index in [4.69, 9.17) is 28.4 Å². The van der Waals surface area contributed by atoms with Crippen molar-refractivity contribution in [2.75, 3.05) is 26.9 Å². The number of esters is 3. The molecule has 0 spiro atoms. The Morgan fingerprint density at radius 3 is 2.37 bits per heavy atom. The van der Waals surface area contributed by atoms with Gasteiger partial charge in [0.2, 0.25) is 6.29 Å². The summed E-state index contributed by atoms with van der Waals surface area (Å²) in [7, 11) is 1.13. The van der Waals surface area contributed by atoms with Crippen LogP contribution in [0.2, 0.25) is 0 Å². The maximum atomic E-state index is 12.9. The predicted octanol–water partition coefficient (Wildman–Crippen LogP) is -0.797. The number of benzene rings is 1. The van der Waals surface area contributed by atoms with Crippen LogP contribution in [-0.2, 0) is 49.2 Å². The summed E-state index contributed by atoms with van der Waals surface area (Å²) >= 11 is 0. The standard InChI is InChI=1S/C27H34O14/c1-14(29)37-10-8-17-18(11-21(31)38-9-7-15-3-5-16(30)6-4-15)19(25(35)36-2)13-39-26(17)41-27-24(34)23(33)22(32)20(12-28)40-27/h3-6,8,13,18,20,22-24,26-28,30,32-34H,7,9-12H2,1-2H3/b17-8-/t18-,20-,22+,23-,24-,26-,27-/m0/s1. The molecule has 3 rings (SSSR count). The molecule has 41 heavy (non-hydrogen) atoms. The monoisotopic (exact) mass is 582 g/mol. The van der Waals surface area contributed by atoms with Crippen LogP contribution in [0.5, 0.6) is 5.75 Å². The highest BCUT2D eigenvalue weighted by Gasteiger charge is 2.47. The molecule has 14 heteroatoms. The van der Waals surface area contributed by atoms with Crippen molar-refractivity contribution >= 4 is 17.9 Å². The Hall–Kier alpha value is -3.53. The average molecular weight is 583 g/mol. The van der Waals surface area contributed by atoms with Crippen molar-refractivity contribution in [1.29, 1.82) is 0 Å². The number of aromatic hydroxyl groups is 1. The third kappa shape index (κ3) is 8.48. The van der Waals surface area contributed by atoms with E-state index in [1.165, 1.54) is 25.1 Å². The summed E-state index contributed by atoms with van der Waals surface area (Å²) in [5.41, 5.74) is 0.846. The van der Waals surface area contributed by atoms with Gasteiger partial charge in [0.1, 0.15) is 36.8 Å². The Morgan fingerprint density at radius 1 is 1.02 bits per heavy atom. The number of rotatable bonds is 11. The van der Waals surface area contributed by atoms with Crippen LogP contribution in [0.3, 0.4) is 0 Å². The van der Waals surface area contributed by atoms with Crippen LogP contribution in [-0.4, -0.2) is 107 Å². The van der Waals surface area contributed by atoms with Crippen LogP contribution in [0, 0.1) is 5.92 Å². The Balaban J connectivity index is 1.82. The first-order chi connectivity index (χ1) is 19.5. The molecule has 2 aliphatic rings. The van der Waals surface area contributed by atoms with Gasteiger partial charge in [-0.1, -0.05) is 12.1 Å². The molecule has 2 aliphatic heterocycles. The van der Waals surface area contributed by atoms with Crippen LogP contribution in [0.4, 0.5) is 0 Å². The lowest BCUT2D eigenvalue weighted by atomic mass is 9.86. The number of phenols is 1. The lowest BCUT2D eigenvalue weighted by Gasteiger charge is -2.42. The zero-order valence-electron chi connectivity index (χ0n) is 22.5. The van der Waals surface area contributed by atoms with Gasteiger partial charge in [0, 0.05) is 24.8 Å². The van der Waals surface area contributed by atoms with Gasteiger partial charge in [0.25, 0.3) is 0 Å². The molecule has 0 bridgehead atoms. The maximum absolute atomic E-state index is 12.9. The second kappa shape index (κ2) is 14.9. The third-order valence-corrected chi connectivity index (χ3v) is 6.46. The lowest BCUT2D eigenvalue weighted by Crippen LogP contribution is -2.60. The van der Waals surface area contributed by atoms with E-state index in [9.17, 15) is 39.9 Å². The smallest absolute Gasteiger partial charge is 0.337 e. The van der Waals surface area contributed by atoms with E-state index in [0.29, 0.717) is 6.42 Å². The molecule has 1 aromatic rings. The fraction of sp³-hybridized carbons (Fsp3) is 0.519. The summed E-state index contributed by atoms with van der Waals surface area (Å²) in [6.45, 7) is 0.182.